The van der Waals surface area contributed by atoms with Gasteiger partial charge in [0.05, 0.1) is 0 Å². The van der Waals surface area contributed by atoms with Crippen LogP contribution in [-0.2, 0) is 10.2 Å². The van der Waals surface area contributed by atoms with Crippen molar-refractivity contribution in [1.82, 2.24) is 9.03 Å². The lowest BCUT2D eigenvalue weighted by Gasteiger charge is -2.27. The van der Waals surface area contributed by atoms with Crippen LogP contribution in [0.15, 0.2) is 0 Å². The molecule has 2 N–H and O–H groups in total. The number of nitrogens with one attached hydrogen (secondary N) is 1. The number of hydrogen-bond acceptors (Lipinski definition) is 3. The van der Waals surface area contributed by atoms with Crippen LogP contribution < -0.4 is 4.72 Å². The fraction of sp³-hybridized carbons (Fsp3) is 1.00. The van der Waals surface area contributed by atoms with E-state index in [1.54, 1.807) is 0 Å². The molecule has 0 aliphatic carbocycles. The Morgan fingerprint density at radius 3 is 2.11 bits per heavy atom. The van der Waals surface area contributed by atoms with Gasteiger partial charge in [-0.25, -0.2) is 4.72 Å². The first-order valence-corrected chi connectivity index (χ1v) is 8.58. The minimum absolute atomic E-state index is 0.139. The van der Waals surface area contributed by atoms with E-state index < -0.39 is 10.2 Å². The average molecular weight is 294 g/mol. The Bertz CT molecular complexity index is 323. The van der Waals surface area contributed by atoms with Crippen molar-refractivity contribution in [3.8, 4) is 0 Å². The monoisotopic (exact) mass is 294 g/mol. The molecule has 6 heteroatoms. The molecule has 0 saturated heterocycles. The lowest BCUT2D eigenvalue weighted by atomic mass is 9.88. The van der Waals surface area contributed by atoms with Crippen molar-refractivity contribution in [1.29, 1.82) is 0 Å². The van der Waals surface area contributed by atoms with E-state index in [0.29, 0.717) is 26.1 Å². The molecule has 0 aromatic heterocycles. The summed E-state index contributed by atoms with van der Waals surface area (Å²) in [5.74, 6) is 0. The minimum atomic E-state index is -3.38. The zero-order chi connectivity index (χ0) is 14.9. The first-order valence-electron chi connectivity index (χ1n) is 7.14. The molecule has 0 radical (unpaired) electrons. The second kappa shape index (κ2) is 8.89. The van der Waals surface area contributed by atoms with Crippen LogP contribution in [-0.4, -0.2) is 44.1 Å². The Kier molecular flexibility index (Phi) is 8.81. The van der Waals surface area contributed by atoms with E-state index in [1.165, 1.54) is 4.31 Å². The molecule has 19 heavy (non-hydrogen) atoms. The summed E-state index contributed by atoms with van der Waals surface area (Å²) < 4.78 is 28.6. The molecule has 0 bridgehead atoms. The van der Waals surface area contributed by atoms with Gasteiger partial charge >= 0.3 is 0 Å². The summed E-state index contributed by atoms with van der Waals surface area (Å²) in [6.07, 6.45) is 3.12. The first kappa shape index (κ1) is 18.8. The Morgan fingerprint density at radius 2 is 1.68 bits per heavy atom. The standard InChI is InChI=1S/C13H30N2O3S/c1-5-9-15(10-6-2)19(17,18)14-12-13(3,4)8-7-11-16/h14,16H,5-12H2,1-4H3. The second-order valence-corrected chi connectivity index (χ2v) is 7.47. The van der Waals surface area contributed by atoms with Gasteiger partial charge in [-0.05, 0) is 31.1 Å². The maximum absolute atomic E-state index is 12.2. The highest BCUT2D eigenvalue weighted by atomic mass is 32.2. The maximum Gasteiger partial charge on any atom is 0.279 e. The highest BCUT2D eigenvalue weighted by Crippen LogP contribution is 2.21. The molecule has 0 aliphatic heterocycles. The van der Waals surface area contributed by atoms with Gasteiger partial charge < -0.3 is 5.11 Å². The van der Waals surface area contributed by atoms with Crippen molar-refractivity contribution in [3.63, 3.8) is 0 Å². The van der Waals surface area contributed by atoms with E-state index in [2.05, 4.69) is 4.72 Å². The zero-order valence-electron chi connectivity index (χ0n) is 12.8. The van der Waals surface area contributed by atoms with Gasteiger partial charge in [-0.2, -0.15) is 12.7 Å². The Morgan fingerprint density at radius 1 is 1.16 bits per heavy atom. The van der Waals surface area contributed by atoms with E-state index in [9.17, 15) is 8.42 Å². The molecule has 0 unspecified atom stereocenters. The molecule has 0 fully saturated rings. The van der Waals surface area contributed by atoms with E-state index in [0.717, 1.165) is 19.3 Å². The molecular weight excluding hydrogens is 264 g/mol. The molecule has 0 aromatic carbocycles. The maximum atomic E-state index is 12.2. The van der Waals surface area contributed by atoms with E-state index >= 15 is 0 Å². The lowest BCUT2D eigenvalue weighted by Crippen LogP contribution is -2.44. The normalized spacial score (nSPS) is 13.2. The topological polar surface area (TPSA) is 69.6 Å². The van der Waals surface area contributed by atoms with E-state index in [4.69, 9.17) is 5.11 Å². The van der Waals surface area contributed by atoms with Gasteiger partial charge in [-0.15, -0.1) is 0 Å². The van der Waals surface area contributed by atoms with Crippen LogP contribution in [0.1, 0.15) is 53.4 Å². The third-order valence-electron chi connectivity index (χ3n) is 3.03. The van der Waals surface area contributed by atoms with Crippen LogP contribution in [0.4, 0.5) is 0 Å². The van der Waals surface area contributed by atoms with Crippen molar-refractivity contribution in [3.05, 3.63) is 0 Å². The van der Waals surface area contributed by atoms with Gasteiger partial charge in [0, 0.05) is 26.2 Å². The van der Waals surface area contributed by atoms with Crippen LogP contribution in [0.3, 0.4) is 0 Å². The van der Waals surface area contributed by atoms with Crippen LogP contribution in [0.25, 0.3) is 0 Å². The molecule has 0 atom stereocenters. The third kappa shape index (κ3) is 7.87. The molecule has 0 aromatic rings. The van der Waals surface area contributed by atoms with E-state index in [-0.39, 0.29) is 12.0 Å². The predicted molar refractivity (Wildman–Crippen MR) is 79.2 cm³/mol. The molecule has 0 heterocycles. The summed E-state index contributed by atoms with van der Waals surface area (Å²) >= 11 is 0. The van der Waals surface area contributed by atoms with Crippen molar-refractivity contribution in [2.75, 3.05) is 26.2 Å². The van der Waals surface area contributed by atoms with Crippen LogP contribution in [0.5, 0.6) is 0 Å². The van der Waals surface area contributed by atoms with Gasteiger partial charge in [0.1, 0.15) is 0 Å². The molecule has 0 rings (SSSR count). The van der Waals surface area contributed by atoms with Gasteiger partial charge in [0.25, 0.3) is 10.2 Å². The summed E-state index contributed by atoms with van der Waals surface area (Å²) in [5, 5.41) is 8.84. The van der Waals surface area contributed by atoms with Crippen molar-refractivity contribution < 1.29 is 13.5 Å². The Hall–Kier alpha value is -0.170. The third-order valence-corrected chi connectivity index (χ3v) is 4.58. The van der Waals surface area contributed by atoms with Gasteiger partial charge in [-0.1, -0.05) is 27.7 Å². The minimum Gasteiger partial charge on any atom is -0.396 e. The molecule has 5 nitrogen and oxygen atoms in total. The van der Waals surface area contributed by atoms with Crippen LogP contribution in [0.2, 0.25) is 0 Å². The van der Waals surface area contributed by atoms with Crippen molar-refractivity contribution in [2.24, 2.45) is 5.41 Å². The van der Waals surface area contributed by atoms with Crippen molar-refractivity contribution in [2.45, 2.75) is 53.4 Å². The fourth-order valence-electron chi connectivity index (χ4n) is 1.87. The summed E-state index contributed by atoms with van der Waals surface area (Å²) in [7, 11) is -3.38. The average Bonchev–Trinajstić information content (AvgIpc) is 2.34. The van der Waals surface area contributed by atoms with Gasteiger partial charge in [0.15, 0.2) is 0 Å². The molecule has 0 aliphatic rings. The van der Waals surface area contributed by atoms with Crippen LogP contribution >= 0.6 is 0 Å². The number of rotatable bonds is 11. The lowest BCUT2D eigenvalue weighted by molar-refractivity contribution is 0.241. The van der Waals surface area contributed by atoms with Gasteiger partial charge in [-0.3, -0.25) is 0 Å². The summed E-state index contributed by atoms with van der Waals surface area (Å²) in [6.45, 7) is 9.63. The number of aliphatic hydroxyl groups excluding tert-OH is 1. The number of aliphatic hydroxyl groups is 1. The fourth-order valence-corrected chi connectivity index (χ4v) is 3.48. The quantitative estimate of drug-likeness (QED) is 0.610. The van der Waals surface area contributed by atoms with Crippen molar-refractivity contribution >= 4 is 10.2 Å². The predicted octanol–water partition coefficient (Wildman–Crippen LogP) is 1.74. The van der Waals surface area contributed by atoms with Gasteiger partial charge in [0.2, 0.25) is 0 Å². The molecule has 0 spiro atoms. The SMILES string of the molecule is CCCN(CCC)S(=O)(=O)NCC(C)(C)CCCO. The number of hydrogen-bond donors (Lipinski definition) is 2. The molecule has 0 saturated carbocycles. The zero-order valence-corrected chi connectivity index (χ0v) is 13.6. The highest BCUT2D eigenvalue weighted by Gasteiger charge is 2.24. The van der Waals surface area contributed by atoms with Crippen LogP contribution in [0, 0.1) is 5.41 Å². The smallest absolute Gasteiger partial charge is 0.279 e. The summed E-state index contributed by atoms with van der Waals surface area (Å²) in [6, 6.07) is 0. The summed E-state index contributed by atoms with van der Waals surface area (Å²) in [5.41, 5.74) is -0.139. The largest absolute Gasteiger partial charge is 0.396 e. The Labute approximate surface area is 118 Å². The Balaban J connectivity index is 4.49. The highest BCUT2D eigenvalue weighted by molar-refractivity contribution is 7.87. The molecule has 0 amide bonds. The van der Waals surface area contributed by atoms with E-state index in [1.807, 2.05) is 27.7 Å². The first-order chi connectivity index (χ1) is 8.79. The number of nitrogens with zero attached hydrogens (tertiary/aromatic N) is 1. The second-order valence-electron chi connectivity index (χ2n) is 5.72. The molecule has 116 valence electrons. The summed E-state index contributed by atoms with van der Waals surface area (Å²) in [4.78, 5) is 0. The molecular formula is C13H30N2O3S.